The van der Waals surface area contributed by atoms with Crippen LogP contribution in [0.5, 0.6) is 0 Å². The summed E-state index contributed by atoms with van der Waals surface area (Å²) >= 11 is 0. The molecule has 184 valence electrons. The van der Waals surface area contributed by atoms with Gasteiger partial charge in [-0.2, -0.15) is 23.3 Å². The van der Waals surface area contributed by atoms with Crippen LogP contribution < -0.4 is 5.73 Å². The molecule has 35 heavy (non-hydrogen) atoms. The van der Waals surface area contributed by atoms with Gasteiger partial charge in [0.2, 0.25) is 5.82 Å². The summed E-state index contributed by atoms with van der Waals surface area (Å²) in [6.45, 7) is 4.71. The van der Waals surface area contributed by atoms with Gasteiger partial charge in [-0.3, -0.25) is 4.68 Å². The van der Waals surface area contributed by atoms with E-state index in [4.69, 9.17) is 20.2 Å². The van der Waals surface area contributed by atoms with Crippen LogP contribution in [-0.4, -0.2) is 37.2 Å². The van der Waals surface area contributed by atoms with Crippen molar-refractivity contribution in [3.63, 3.8) is 0 Å². The monoisotopic (exact) mass is 491 g/mol. The first-order valence-corrected chi connectivity index (χ1v) is 10.2. The number of nitrogens with zero attached hydrogens (tertiary/aromatic N) is 4. The number of carboxylic acid groups (broad SMARTS) is 1. The number of aryl methyl sites for hydroxylation is 2. The van der Waals surface area contributed by atoms with E-state index >= 15 is 0 Å². The predicted molar refractivity (Wildman–Crippen MR) is 118 cm³/mol. The second kappa shape index (κ2) is 10.5. The van der Waals surface area contributed by atoms with Crippen LogP contribution in [0.15, 0.2) is 53.1 Å². The molecular formula is C23H21F4N5O3. The van der Waals surface area contributed by atoms with Crippen LogP contribution in [0.1, 0.15) is 22.5 Å². The van der Waals surface area contributed by atoms with Crippen LogP contribution in [0.3, 0.4) is 0 Å². The van der Waals surface area contributed by atoms with Crippen molar-refractivity contribution in [3.05, 3.63) is 76.9 Å². The van der Waals surface area contributed by atoms with E-state index in [0.29, 0.717) is 23.5 Å². The normalized spacial score (nSPS) is 11.2. The highest BCUT2D eigenvalue weighted by molar-refractivity contribution is 5.73. The van der Waals surface area contributed by atoms with Crippen molar-refractivity contribution in [3.8, 4) is 22.8 Å². The largest absolute Gasteiger partial charge is 0.490 e. The van der Waals surface area contributed by atoms with E-state index in [1.165, 1.54) is 6.07 Å². The minimum Gasteiger partial charge on any atom is -0.475 e. The summed E-state index contributed by atoms with van der Waals surface area (Å²) in [4.78, 5) is 13.3. The molecule has 0 fully saturated rings. The number of halogens is 4. The Morgan fingerprint density at radius 3 is 2.43 bits per heavy atom. The highest BCUT2D eigenvalue weighted by atomic mass is 19.4. The maximum Gasteiger partial charge on any atom is 0.490 e. The average molecular weight is 491 g/mol. The number of aromatic nitrogens is 4. The maximum atomic E-state index is 14.0. The lowest BCUT2D eigenvalue weighted by atomic mass is 10.1. The summed E-state index contributed by atoms with van der Waals surface area (Å²) < 4.78 is 53.1. The molecule has 0 amide bonds. The third-order valence-electron chi connectivity index (χ3n) is 4.84. The van der Waals surface area contributed by atoms with Gasteiger partial charge >= 0.3 is 12.1 Å². The molecule has 4 aromatic rings. The molecular weight excluding hydrogens is 470 g/mol. The van der Waals surface area contributed by atoms with Crippen LogP contribution in [0.2, 0.25) is 0 Å². The van der Waals surface area contributed by atoms with Gasteiger partial charge in [0.1, 0.15) is 5.82 Å². The highest BCUT2D eigenvalue weighted by Crippen LogP contribution is 2.27. The number of alkyl halides is 3. The van der Waals surface area contributed by atoms with Gasteiger partial charge in [-0.05, 0) is 43.7 Å². The van der Waals surface area contributed by atoms with Crippen molar-refractivity contribution < 1.29 is 32.0 Å². The first kappa shape index (κ1) is 25.6. The van der Waals surface area contributed by atoms with Gasteiger partial charge in [0, 0.05) is 28.9 Å². The predicted octanol–water partition coefficient (Wildman–Crippen LogP) is 4.50. The number of aliphatic carboxylic acids is 1. The molecule has 2 aromatic carbocycles. The van der Waals surface area contributed by atoms with Gasteiger partial charge in [-0.1, -0.05) is 29.4 Å². The molecule has 4 rings (SSSR count). The van der Waals surface area contributed by atoms with Crippen molar-refractivity contribution in [1.29, 1.82) is 0 Å². The van der Waals surface area contributed by atoms with Crippen LogP contribution in [0.25, 0.3) is 22.8 Å². The highest BCUT2D eigenvalue weighted by Gasteiger charge is 2.38. The second-order valence-corrected chi connectivity index (χ2v) is 7.48. The lowest BCUT2D eigenvalue weighted by Crippen LogP contribution is -2.21. The van der Waals surface area contributed by atoms with Gasteiger partial charge < -0.3 is 15.4 Å². The Labute approximate surface area is 197 Å². The molecule has 0 radical (unpaired) electrons. The summed E-state index contributed by atoms with van der Waals surface area (Å²) in [6, 6.07) is 14.6. The molecule has 0 unspecified atom stereocenters. The van der Waals surface area contributed by atoms with Crippen LogP contribution >= 0.6 is 0 Å². The van der Waals surface area contributed by atoms with Crippen molar-refractivity contribution in [2.24, 2.45) is 5.73 Å². The summed E-state index contributed by atoms with van der Waals surface area (Å²) in [6.07, 6.45) is -5.08. The molecule has 3 N–H and O–H groups in total. The molecule has 0 atom stereocenters. The van der Waals surface area contributed by atoms with E-state index in [0.717, 1.165) is 22.5 Å². The Bertz CT molecular complexity index is 1330. The van der Waals surface area contributed by atoms with E-state index in [1.807, 2.05) is 48.9 Å². The minimum atomic E-state index is -5.08. The Balaban J connectivity index is 0.000000429. The zero-order valence-corrected chi connectivity index (χ0v) is 18.7. The van der Waals surface area contributed by atoms with Gasteiger partial charge in [-0.25, -0.2) is 9.18 Å². The van der Waals surface area contributed by atoms with Gasteiger partial charge in [0.15, 0.2) is 0 Å². The molecule has 0 aliphatic carbocycles. The van der Waals surface area contributed by atoms with Crippen molar-refractivity contribution >= 4 is 5.97 Å². The summed E-state index contributed by atoms with van der Waals surface area (Å²) in [5, 5.41) is 15.7. The van der Waals surface area contributed by atoms with E-state index in [9.17, 15) is 17.6 Å². The SMILES string of the molecule is Cc1cc(C)n(Cc2cccc(-c3noc(-c4cccc(F)c4CN)n3)c2)n1.O=C(O)C(F)(F)F. The zero-order chi connectivity index (χ0) is 25.8. The van der Waals surface area contributed by atoms with E-state index in [-0.39, 0.29) is 18.3 Å². The van der Waals surface area contributed by atoms with Crippen LogP contribution in [0, 0.1) is 19.7 Å². The Morgan fingerprint density at radius 1 is 1.14 bits per heavy atom. The molecule has 0 saturated heterocycles. The Kier molecular flexibility index (Phi) is 7.65. The molecule has 2 heterocycles. The smallest absolute Gasteiger partial charge is 0.475 e. The topological polar surface area (TPSA) is 120 Å². The lowest BCUT2D eigenvalue weighted by Gasteiger charge is -2.06. The molecule has 0 bridgehead atoms. The molecule has 0 spiro atoms. The average Bonchev–Trinajstić information content (AvgIpc) is 3.40. The first-order valence-electron chi connectivity index (χ1n) is 10.2. The maximum absolute atomic E-state index is 14.0. The van der Waals surface area contributed by atoms with E-state index in [2.05, 4.69) is 15.2 Å². The molecule has 0 aliphatic heterocycles. The van der Waals surface area contributed by atoms with E-state index < -0.39 is 12.1 Å². The molecule has 0 aliphatic rings. The summed E-state index contributed by atoms with van der Waals surface area (Å²) in [7, 11) is 0. The minimum absolute atomic E-state index is 0.0534. The van der Waals surface area contributed by atoms with Crippen molar-refractivity contribution in [1.82, 2.24) is 19.9 Å². The van der Waals surface area contributed by atoms with E-state index in [1.54, 1.807) is 12.1 Å². The number of nitrogens with two attached hydrogens (primary N) is 1. The number of carbonyl (C=O) groups is 1. The molecule has 8 nitrogen and oxygen atoms in total. The third-order valence-corrected chi connectivity index (χ3v) is 4.84. The fourth-order valence-electron chi connectivity index (χ4n) is 3.23. The number of hydrogen-bond donors (Lipinski definition) is 2. The van der Waals surface area contributed by atoms with Gasteiger partial charge in [-0.15, -0.1) is 0 Å². The quantitative estimate of drug-likeness (QED) is 0.395. The Hall–Kier alpha value is -4.06. The number of hydrogen-bond acceptors (Lipinski definition) is 6. The molecule has 0 saturated carbocycles. The molecule has 12 heteroatoms. The number of carboxylic acids is 1. The summed E-state index contributed by atoms with van der Waals surface area (Å²) in [5.74, 6) is -2.45. The van der Waals surface area contributed by atoms with Gasteiger partial charge in [0.05, 0.1) is 12.2 Å². The van der Waals surface area contributed by atoms with Crippen LogP contribution in [0.4, 0.5) is 17.6 Å². The zero-order valence-electron chi connectivity index (χ0n) is 18.7. The van der Waals surface area contributed by atoms with Crippen molar-refractivity contribution in [2.45, 2.75) is 33.1 Å². The summed E-state index contributed by atoms with van der Waals surface area (Å²) in [5.41, 5.74) is 10.5. The van der Waals surface area contributed by atoms with Crippen LogP contribution in [-0.2, 0) is 17.9 Å². The lowest BCUT2D eigenvalue weighted by molar-refractivity contribution is -0.192. The Morgan fingerprint density at radius 2 is 1.83 bits per heavy atom. The number of rotatable bonds is 5. The standard InChI is InChI=1S/C21H20FN5O.C2HF3O2/c1-13-9-14(2)27(25-13)12-15-5-3-6-16(10-15)20-24-21(28-26-20)17-7-4-8-19(22)18(17)11-23;3-2(4,5)1(6)7/h3-10H,11-12,23H2,1-2H3;(H,6,7). The second-order valence-electron chi connectivity index (χ2n) is 7.48. The third kappa shape index (κ3) is 6.29. The fraction of sp³-hybridized carbons (Fsp3) is 0.217. The number of benzene rings is 2. The van der Waals surface area contributed by atoms with Gasteiger partial charge in [0.25, 0.3) is 5.89 Å². The molecule has 2 aromatic heterocycles. The van der Waals surface area contributed by atoms with Crippen molar-refractivity contribution in [2.75, 3.05) is 0 Å². The fourth-order valence-corrected chi connectivity index (χ4v) is 3.23. The first-order chi connectivity index (χ1) is 16.5.